The molecule has 0 bridgehead atoms. The van der Waals surface area contributed by atoms with Crippen LogP contribution in [-0.2, 0) is 6.61 Å². The SMILES string of the molecule is COc1ccc(NC(=O)c2ccc(COc3ccc4ccccc4c3)o2)cc1. The Labute approximate surface area is 162 Å². The smallest absolute Gasteiger partial charge is 0.291 e. The van der Waals surface area contributed by atoms with Crippen molar-refractivity contribution in [2.24, 2.45) is 0 Å². The number of rotatable bonds is 6. The quantitative estimate of drug-likeness (QED) is 0.500. The van der Waals surface area contributed by atoms with Crippen molar-refractivity contribution in [1.29, 1.82) is 0 Å². The van der Waals surface area contributed by atoms with Crippen molar-refractivity contribution in [3.63, 3.8) is 0 Å². The minimum absolute atomic E-state index is 0.230. The van der Waals surface area contributed by atoms with Gasteiger partial charge in [-0.05, 0) is 59.3 Å². The maximum atomic E-state index is 12.3. The molecule has 3 aromatic carbocycles. The van der Waals surface area contributed by atoms with Crippen LogP contribution in [-0.4, -0.2) is 13.0 Å². The number of benzene rings is 3. The summed E-state index contributed by atoms with van der Waals surface area (Å²) < 4.78 is 16.5. The number of ether oxygens (including phenoxy) is 2. The minimum atomic E-state index is -0.317. The van der Waals surface area contributed by atoms with Gasteiger partial charge in [-0.15, -0.1) is 0 Å². The van der Waals surface area contributed by atoms with Gasteiger partial charge in [0, 0.05) is 5.69 Å². The number of hydrogen-bond donors (Lipinski definition) is 1. The van der Waals surface area contributed by atoms with E-state index in [2.05, 4.69) is 11.4 Å². The van der Waals surface area contributed by atoms with Gasteiger partial charge in [-0.3, -0.25) is 4.79 Å². The van der Waals surface area contributed by atoms with Crippen LogP contribution in [0.3, 0.4) is 0 Å². The molecule has 4 aromatic rings. The average Bonchev–Trinajstić information content (AvgIpc) is 3.22. The molecule has 5 heteroatoms. The predicted molar refractivity (Wildman–Crippen MR) is 108 cm³/mol. The van der Waals surface area contributed by atoms with Crippen LogP contribution in [0.25, 0.3) is 10.8 Å². The van der Waals surface area contributed by atoms with E-state index >= 15 is 0 Å². The standard InChI is InChI=1S/C23H19NO4/c1-26-19-10-7-18(8-11-19)24-23(25)22-13-12-21(28-22)15-27-20-9-6-16-4-2-3-5-17(16)14-20/h2-14H,15H2,1H3,(H,24,25). The second-order valence-corrected chi connectivity index (χ2v) is 6.25. The molecular weight excluding hydrogens is 354 g/mol. The monoisotopic (exact) mass is 373 g/mol. The highest BCUT2D eigenvalue weighted by molar-refractivity contribution is 6.02. The number of anilines is 1. The molecular formula is C23H19NO4. The minimum Gasteiger partial charge on any atom is -0.497 e. The molecule has 1 amide bonds. The maximum Gasteiger partial charge on any atom is 0.291 e. The molecule has 140 valence electrons. The third kappa shape index (κ3) is 3.99. The Morgan fingerprint density at radius 3 is 2.43 bits per heavy atom. The molecule has 5 nitrogen and oxygen atoms in total. The van der Waals surface area contributed by atoms with E-state index in [1.165, 1.54) is 0 Å². The number of amides is 1. The van der Waals surface area contributed by atoms with Crippen molar-refractivity contribution < 1.29 is 18.7 Å². The zero-order chi connectivity index (χ0) is 19.3. The number of methoxy groups -OCH3 is 1. The summed E-state index contributed by atoms with van der Waals surface area (Å²) in [5.74, 6) is 1.96. The first-order valence-electron chi connectivity index (χ1n) is 8.87. The van der Waals surface area contributed by atoms with Gasteiger partial charge in [0.1, 0.15) is 23.9 Å². The molecule has 0 atom stereocenters. The number of fused-ring (bicyclic) bond motifs is 1. The van der Waals surface area contributed by atoms with Gasteiger partial charge in [0.15, 0.2) is 5.76 Å². The van der Waals surface area contributed by atoms with Crippen LogP contribution in [0.4, 0.5) is 5.69 Å². The van der Waals surface area contributed by atoms with E-state index in [1.54, 1.807) is 43.5 Å². The van der Waals surface area contributed by atoms with Crippen molar-refractivity contribution in [2.75, 3.05) is 12.4 Å². The second-order valence-electron chi connectivity index (χ2n) is 6.25. The Balaban J connectivity index is 1.38. The fraction of sp³-hybridized carbons (Fsp3) is 0.0870. The predicted octanol–water partition coefficient (Wildman–Crippen LogP) is 5.27. The molecule has 1 aromatic heterocycles. The lowest BCUT2D eigenvalue weighted by molar-refractivity contribution is 0.0992. The zero-order valence-electron chi connectivity index (χ0n) is 15.3. The van der Waals surface area contributed by atoms with Crippen molar-refractivity contribution in [3.8, 4) is 11.5 Å². The van der Waals surface area contributed by atoms with Crippen LogP contribution in [0.15, 0.2) is 83.3 Å². The van der Waals surface area contributed by atoms with Crippen molar-refractivity contribution in [1.82, 2.24) is 0 Å². The van der Waals surface area contributed by atoms with Crippen LogP contribution < -0.4 is 14.8 Å². The molecule has 1 heterocycles. The van der Waals surface area contributed by atoms with Crippen LogP contribution in [0, 0.1) is 0 Å². The molecule has 0 spiro atoms. The topological polar surface area (TPSA) is 60.7 Å². The lowest BCUT2D eigenvalue weighted by Gasteiger charge is -2.06. The summed E-state index contributed by atoms with van der Waals surface area (Å²) in [6.45, 7) is 0.244. The highest BCUT2D eigenvalue weighted by atomic mass is 16.5. The molecule has 0 saturated carbocycles. The van der Waals surface area contributed by atoms with E-state index in [0.29, 0.717) is 11.4 Å². The highest BCUT2D eigenvalue weighted by Crippen LogP contribution is 2.22. The lowest BCUT2D eigenvalue weighted by Crippen LogP contribution is -2.10. The summed E-state index contributed by atoms with van der Waals surface area (Å²) in [5.41, 5.74) is 0.663. The molecule has 0 unspecified atom stereocenters. The molecule has 1 N–H and O–H groups in total. The van der Waals surface area contributed by atoms with Crippen molar-refractivity contribution in [2.45, 2.75) is 6.61 Å². The van der Waals surface area contributed by atoms with E-state index in [-0.39, 0.29) is 18.3 Å². The van der Waals surface area contributed by atoms with Crippen molar-refractivity contribution in [3.05, 3.63) is 90.4 Å². The van der Waals surface area contributed by atoms with Crippen molar-refractivity contribution >= 4 is 22.4 Å². The number of hydrogen-bond acceptors (Lipinski definition) is 4. The Morgan fingerprint density at radius 1 is 0.893 bits per heavy atom. The Hall–Kier alpha value is -3.73. The van der Waals surface area contributed by atoms with E-state index in [4.69, 9.17) is 13.9 Å². The van der Waals surface area contributed by atoms with E-state index in [9.17, 15) is 4.79 Å². The van der Waals surface area contributed by atoms with E-state index in [0.717, 1.165) is 22.3 Å². The number of nitrogens with one attached hydrogen (secondary N) is 1. The number of carbonyl (C=O) groups is 1. The summed E-state index contributed by atoms with van der Waals surface area (Å²) in [4.78, 5) is 12.3. The molecule has 28 heavy (non-hydrogen) atoms. The molecule has 0 aliphatic rings. The molecule has 0 aliphatic carbocycles. The van der Waals surface area contributed by atoms with E-state index < -0.39 is 0 Å². The molecule has 0 fully saturated rings. The van der Waals surface area contributed by atoms with E-state index in [1.807, 2.05) is 36.4 Å². The summed E-state index contributed by atoms with van der Waals surface area (Å²) in [6.07, 6.45) is 0. The molecule has 4 rings (SSSR count). The first-order valence-corrected chi connectivity index (χ1v) is 8.87. The van der Waals surface area contributed by atoms with Gasteiger partial charge < -0.3 is 19.2 Å². The normalized spacial score (nSPS) is 10.6. The van der Waals surface area contributed by atoms with Crippen LogP contribution in [0.1, 0.15) is 16.3 Å². The number of carbonyl (C=O) groups excluding carboxylic acids is 1. The largest absolute Gasteiger partial charge is 0.497 e. The number of furan rings is 1. The van der Waals surface area contributed by atoms with Crippen LogP contribution in [0.5, 0.6) is 11.5 Å². The van der Waals surface area contributed by atoms with Gasteiger partial charge >= 0.3 is 0 Å². The van der Waals surface area contributed by atoms with Gasteiger partial charge in [-0.1, -0.05) is 30.3 Å². The van der Waals surface area contributed by atoms with Gasteiger partial charge in [0.25, 0.3) is 5.91 Å². The van der Waals surface area contributed by atoms with Crippen LogP contribution in [0.2, 0.25) is 0 Å². The summed E-state index contributed by atoms with van der Waals surface area (Å²) in [7, 11) is 1.60. The average molecular weight is 373 g/mol. The van der Waals surface area contributed by atoms with Gasteiger partial charge in [-0.25, -0.2) is 0 Å². The Kier molecular flexibility index (Phi) is 4.97. The highest BCUT2D eigenvalue weighted by Gasteiger charge is 2.12. The lowest BCUT2D eigenvalue weighted by atomic mass is 10.1. The Bertz CT molecular complexity index is 1100. The zero-order valence-corrected chi connectivity index (χ0v) is 15.3. The molecule has 0 radical (unpaired) electrons. The third-order valence-electron chi connectivity index (χ3n) is 4.34. The fourth-order valence-corrected chi connectivity index (χ4v) is 2.86. The molecule has 0 saturated heterocycles. The summed E-state index contributed by atoms with van der Waals surface area (Å²) in [6, 6.07) is 24.5. The maximum absolute atomic E-state index is 12.3. The first kappa shape index (κ1) is 17.7. The fourth-order valence-electron chi connectivity index (χ4n) is 2.86. The van der Waals surface area contributed by atoms with Crippen LogP contribution >= 0.6 is 0 Å². The van der Waals surface area contributed by atoms with Gasteiger partial charge in [0.05, 0.1) is 7.11 Å². The summed E-state index contributed by atoms with van der Waals surface area (Å²) in [5, 5.41) is 5.06. The first-order chi connectivity index (χ1) is 13.7. The second kappa shape index (κ2) is 7.88. The molecule has 0 aliphatic heterocycles. The third-order valence-corrected chi connectivity index (χ3v) is 4.34. The van der Waals surface area contributed by atoms with Gasteiger partial charge in [0.2, 0.25) is 0 Å². The Morgan fingerprint density at radius 2 is 1.64 bits per heavy atom. The summed E-state index contributed by atoms with van der Waals surface area (Å²) >= 11 is 0. The van der Waals surface area contributed by atoms with Gasteiger partial charge in [-0.2, -0.15) is 0 Å².